The Morgan fingerprint density at radius 2 is 2.05 bits per heavy atom. The zero-order chi connectivity index (χ0) is 14.4. The number of nitrogens with zero attached hydrogens (tertiary/aromatic N) is 2. The fourth-order valence-electron chi connectivity index (χ4n) is 1.98. The number of rotatable bonds is 6. The van der Waals surface area contributed by atoms with Gasteiger partial charge in [0.2, 0.25) is 0 Å². The molecule has 2 aromatic rings. The van der Waals surface area contributed by atoms with Crippen molar-refractivity contribution < 1.29 is 9.47 Å². The molecule has 20 heavy (non-hydrogen) atoms. The van der Waals surface area contributed by atoms with Gasteiger partial charge in [-0.1, -0.05) is 6.07 Å². The van der Waals surface area contributed by atoms with Gasteiger partial charge in [0.25, 0.3) is 0 Å². The van der Waals surface area contributed by atoms with Crippen molar-refractivity contribution in [3.63, 3.8) is 0 Å². The van der Waals surface area contributed by atoms with E-state index in [1.54, 1.807) is 32.7 Å². The minimum Gasteiger partial charge on any atom is -0.493 e. The van der Waals surface area contributed by atoms with Crippen molar-refractivity contribution in [1.82, 2.24) is 15.3 Å². The lowest BCUT2D eigenvalue weighted by Gasteiger charge is -2.16. The van der Waals surface area contributed by atoms with Crippen LogP contribution in [0.25, 0.3) is 0 Å². The number of nitrogens with one attached hydrogen (secondary N) is 1. The van der Waals surface area contributed by atoms with Gasteiger partial charge in [0, 0.05) is 37.2 Å². The molecule has 0 aliphatic carbocycles. The smallest absolute Gasteiger partial charge is 0.183 e. The van der Waals surface area contributed by atoms with Gasteiger partial charge >= 0.3 is 0 Å². The molecule has 0 saturated heterocycles. The third kappa shape index (κ3) is 3.24. The van der Waals surface area contributed by atoms with Crippen molar-refractivity contribution in [3.8, 4) is 11.5 Å². The van der Waals surface area contributed by atoms with E-state index in [-0.39, 0.29) is 6.04 Å². The summed E-state index contributed by atoms with van der Waals surface area (Å²) in [5.41, 5.74) is 1.96. The van der Waals surface area contributed by atoms with Crippen molar-refractivity contribution >= 4 is 0 Å². The Hall–Kier alpha value is -2.14. The van der Waals surface area contributed by atoms with E-state index in [2.05, 4.69) is 22.2 Å². The van der Waals surface area contributed by atoms with Crippen LogP contribution in [0.5, 0.6) is 11.5 Å². The molecule has 0 radical (unpaired) electrons. The Balaban J connectivity index is 2.07. The van der Waals surface area contributed by atoms with Gasteiger partial charge < -0.3 is 14.8 Å². The molecule has 0 fully saturated rings. The van der Waals surface area contributed by atoms with E-state index in [0.717, 1.165) is 11.3 Å². The Morgan fingerprint density at radius 1 is 1.20 bits per heavy atom. The summed E-state index contributed by atoms with van der Waals surface area (Å²) in [7, 11) is 3.24. The fraction of sp³-hybridized carbons (Fsp3) is 0.333. The summed E-state index contributed by atoms with van der Waals surface area (Å²) >= 11 is 0. The number of ether oxygens (including phenoxy) is 2. The Kier molecular flexibility index (Phi) is 4.90. The molecule has 2 heterocycles. The topological polar surface area (TPSA) is 56.3 Å². The maximum Gasteiger partial charge on any atom is 0.183 e. The lowest BCUT2D eigenvalue weighted by atomic mass is 10.1. The maximum atomic E-state index is 5.37. The van der Waals surface area contributed by atoms with Crippen LogP contribution < -0.4 is 14.8 Å². The summed E-state index contributed by atoms with van der Waals surface area (Å²) in [5, 5.41) is 3.40. The summed E-state index contributed by atoms with van der Waals surface area (Å²) in [5.74, 6) is 1.36. The largest absolute Gasteiger partial charge is 0.493 e. The third-order valence-electron chi connectivity index (χ3n) is 3.13. The molecule has 2 aromatic heterocycles. The highest BCUT2D eigenvalue weighted by molar-refractivity contribution is 5.42. The highest BCUT2D eigenvalue weighted by Gasteiger charge is 2.12. The van der Waals surface area contributed by atoms with Crippen LogP contribution in [0.1, 0.15) is 24.2 Å². The number of hydrogen-bond donors (Lipinski definition) is 1. The quantitative estimate of drug-likeness (QED) is 0.875. The Labute approximate surface area is 119 Å². The van der Waals surface area contributed by atoms with Gasteiger partial charge in [-0.25, -0.2) is 0 Å². The first kappa shape index (κ1) is 14.3. The minimum atomic E-state index is 0.182. The molecule has 0 aromatic carbocycles. The Morgan fingerprint density at radius 3 is 2.70 bits per heavy atom. The zero-order valence-corrected chi connectivity index (χ0v) is 12.0. The summed E-state index contributed by atoms with van der Waals surface area (Å²) in [4.78, 5) is 8.46. The van der Waals surface area contributed by atoms with Crippen LogP contribution in [0, 0.1) is 0 Å². The average Bonchev–Trinajstić information content (AvgIpc) is 2.52. The molecular formula is C15H19N3O2. The van der Waals surface area contributed by atoms with Crippen molar-refractivity contribution in [2.24, 2.45) is 0 Å². The lowest BCUT2D eigenvalue weighted by molar-refractivity contribution is 0.347. The fourth-order valence-corrected chi connectivity index (χ4v) is 1.98. The van der Waals surface area contributed by atoms with E-state index in [1.807, 2.05) is 18.3 Å². The molecule has 2 rings (SSSR count). The van der Waals surface area contributed by atoms with Gasteiger partial charge in [0.15, 0.2) is 11.5 Å². The van der Waals surface area contributed by atoms with Crippen LogP contribution in [0.15, 0.2) is 36.8 Å². The third-order valence-corrected chi connectivity index (χ3v) is 3.13. The first-order valence-electron chi connectivity index (χ1n) is 6.45. The first-order valence-corrected chi connectivity index (χ1v) is 6.45. The second-order valence-corrected chi connectivity index (χ2v) is 4.38. The highest BCUT2D eigenvalue weighted by atomic mass is 16.5. The van der Waals surface area contributed by atoms with Crippen LogP contribution in [-0.4, -0.2) is 24.2 Å². The highest BCUT2D eigenvalue weighted by Crippen LogP contribution is 2.29. The van der Waals surface area contributed by atoms with Gasteiger partial charge in [-0.2, -0.15) is 0 Å². The molecule has 106 valence electrons. The van der Waals surface area contributed by atoms with Crippen molar-refractivity contribution in [2.75, 3.05) is 14.2 Å². The predicted octanol–water partition coefficient (Wildman–Crippen LogP) is 2.34. The standard InChI is InChI=1S/C15H19N3O2/c1-11(12-5-4-7-16-9-12)18-10-13-15(20-3)14(19-2)6-8-17-13/h4-9,11,18H,10H2,1-3H3. The van der Waals surface area contributed by atoms with Gasteiger partial charge in [-0.05, 0) is 18.6 Å². The predicted molar refractivity (Wildman–Crippen MR) is 76.8 cm³/mol. The molecule has 0 aliphatic heterocycles. The molecule has 0 amide bonds. The molecular weight excluding hydrogens is 254 g/mol. The Bertz CT molecular complexity index is 546. The van der Waals surface area contributed by atoms with Crippen molar-refractivity contribution in [2.45, 2.75) is 19.5 Å². The maximum absolute atomic E-state index is 5.37. The van der Waals surface area contributed by atoms with Crippen LogP contribution >= 0.6 is 0 Å². The number of aromatic nitrogens is 2. The van der Waals surface area contributed by atoms with E-state index in [0.29, 0.717) is 18.0 Å². The molecule has 0 aliphatic rings. The van der Waals surface area contributed by atoms with Crippen molar-refractivity contribution in [1.29, 1.82) is 0 Å². The summed E-state index contributed by atoms with van der Waals surface area (Å²) in [6, 6.07) is 5.94. The van der Waals surface area contributed by atoms with E-state index in [1.165, 1.54) is 0 Å². The van der Waals surface area contributed by atoms with Crippen LogP contribution in [0.3, 0.4) is 0 Å². The van der Waals surface area contributed by atoms with E-state index >= 15 is 0 Å². The van der Waals surface area contributed by atoms with Crippen LogP contribution in [0.4, 0.5) is 0 Å². The monoisotopic (exact) mass is 273 g/mol. The van der Waals surface area contributed by atoms with E-state index < -0.39 is 0 Å². The molecule has 5 heteroatoms. The SMILES string of the molecule is COc1ccnc(CNC(C)c2cccnc2)c1OC. The summed E-state index contributed by atoms with van der Waals surface area (Å²) in [6.45, 7) is 2.68. The van der Waals surface area contributed by atoms with Gasteiger partial charge in [-0.15, -0.1) is 0 Å². The second-order valence-electron chi connectivity index (χ2n) is 4.38. The lowest BCUT2D eigenvalue weighted by Crippen LogP contribution is -2.19. The normalized spacial score (nSPS) is 11.9. The van der Waals surface area contributed by atoms with Gasteiger partial charge in [0.05, 0.1) is 19.9 Å². The van der Waals surface area contributed by atoms with Crippen LogP contribution in [0.2, 0.25) is 0 Å². The second kappa shape index (κ2) is 6.86. The van der Waals surface area contributed by atoms with Gasteiger partial charge in [-0.3, -0.25) is 9.97 Å². The first-order chi connectivity index (χ1) is 9.76. The zero-order valence-electron chi connectivity index (χ0n) is 12.0. The number of pyridine rings is 2. The molecule has 5 nitrogen and oxygen atoms in total. The molecule has 1 atom stereocenters. The van der Waals surface area contributed by atoms with Gasteiger partial charge in [0.1, 0.15) is 0 Å². The van der Waals surface area contributed by atoms with Crippen LogP contribution in [-0.2, 0) is 6.54 Å². The minimum absolute atomic E-state index is 0.182. The number of hydrogen-bond acceptors (Lipinski definition) is 5. The summed E-state index contributed by atoms with van der Waals surface area (Å²) < 4.78 is 10.6. The molecule has 0 spiro atoms. The average molecular weight is 273 g/mol. The summed E-state index contributed by atoms with van der Waals surface area (Å²) in [6.07, 6.45) is 5.34. The number of methoxy groups -OCH3 is 2. The molecule has 0 saturated carbocycles. The molecule has 1 N–H and O–H groups in total. The van der Waals surface area contributed by atoms with E-state index in [9.17, 15) is 0 Å². The van der Waals surface area contributed by atoms with E-state index in [4.69, 9.17) is 9.47 Å². The molecule has 1 unspecified atom stereocenters. The van der Waals surface area contributed by atoms with Crippen molar-refractivity contribution in [3.05, 3.63) is 48.0 Å². The molecule has 0 bridgehead atoms.